The first-order valence-electron chi connectivity index (χ1n) is 11.8. The summed E-state index contributed by atoms with van der Waals surface area (Å²) in [4.78, 5) is 24.4. The molecule has 2 N–H and O–H groups in total. The van der Waals surface area contributed by atoms with E-state index in [9.17, 15) is 9.90 Å². The Labute approximate surface area is 183 Å². The van der Waals surface area contributed by atoms with Gasteiger partial charge in [-0.1, -0.05) is 0 Å². The molecule has 5 fully saturated rings. The molecule has 31 heavy (non-hydrogen) atoms. The third-order valence-electron chi connectivity index (χ3n) is 7.51. The molecule has 4 saturated carbocycles. The number of hydrogen-bond donors (Lipinski definition) is 2. The molecule has 8 heteroatoms. The molecule has 5 aliphatic rings. The topological polar surface area (TPSA) is 96.8 Å². The van der Waals surface area contributed by atoms with Gasteiger partial charge in [0, 0.05) is 25.3 Å². The fourth-order valence-electron chi connectivity index (χ4n) is 6.70. The number of carbonyl (C=O) groups is 1. The summed E-state index contributed by atoms with van der Waals surface area (Å²) >= 11 is 0. The fraction of sp³-hybridized carbons (Fsp3) is 0.783. The van der Waals surface area contributed by atoms with Gasteiger partial charge in [-0.3, -0.25) is 4.79 Å². The lowest BCUT2D eigenvalue weighted by Gasteiger charge is -2.58. The number of hydrogen-bond acceptors (Lipinski definition) is 7. The van der Waals surface area contributed by atoms with Gasteiger partial charge in [0.25, 0.3) is 5.91 Å². The van der Waals surface area contributed by atoms with E-state index < -0.39 is 5.60 Å². The first-order chi connectivity index (χ1) is 14.8. The predicted molar refractivity (Wildman–Crippen MR) is 115 cm³/mol. The summed E-state index contributed by atoms with van der Waals surface area (Å²) < 4.78 is 11.6. The summed E-state index contributed by atoms with van der Waals surface area (Å²) in [6, 6.07) is 0.111. The summed E-state index contributed by atoms with van der Waals surface area (Å²) in [5, 5.41) is 14.1. The van der Waals surface area contributed by atoms with Gasteiger partial charge in [0.15, 0.2) is 0 Å². The number of amides is 1. The van der Waals surface area contributed by atoms with Crippen molar-refractivity contribution in [2.45, 2.75) is 76.7 Å². The minimum absolute atomic E-state index is 0.0950. The Morgan fingerprint density at radius 1 is 1.26 bits per heavy atom. The fourth-order valence-corrected chi connectivity index (χ4v) is 6.70. The maximum absolute atomic E-state index is 13.2. The quantitative estimate of drug-likeness (QED) is 0.739. The van der Waals surface area contributed by atoms with Crippen molar-refractivity contribution in [3.63, 3.8) is 0 Å². The minimum atomic E-state index is -0.509. The van der Waals surface area contributed by atoms with Gasteiger partial charge in [0.05, 0.1) is 24.4 Å². The first kappa shape index (κ1) is 20.9. The average Bonchev–Trinajstić information content (AvgIpc) is 2.69. The van der Waals surface area contributed by atoms with Crippen molar-refractivity contribution in [2.75, 3.05) is 24.6 Å². The highest BCUT2D eigenvalue weighted by Gasteiger charge is 2.55. The van der Waals surface area contributed by atoms with E-state index >= 15 is 0 Å². The molecule has 4 bridgehead atoms. The van der Waals surface area contributed by atoms with E-state index in [2.05, 4.69) is 20.2 Å². The Kier molecular flexibility index (Phi) is 5.33. The van der Waals surface area contributed by atoms with Gasteiger partial charge in [0.2, 0.25) is 11.8 Å². The van der Waals surface area contributed by atoms with Crippen molar-refractivity contribution in [2.24, 2.45) is 17.8 Å². The largest absolute Gasteiger partial charge is 0.477 e. The molecule has 0 aromatic carbocycles. The number of morpholine rings is 1. The number of carbonyl (C=O) groups excluding carboxylic acids is 1. The van der Waals surface area contributed by atoms with Crippen molar-refractivity contribution in [3.8, 4) is 5.88 Å². The van der Waals surface area contributed by atoms with Crippen LogP contribution < -0.4 is 15.0 Å². The van der Waals surface area contributed by atoms with Crippen LogP contribution in [0, 0.1) is 17.8 Å². The monoisotopic (exact) mass is 430 g/mol. The standard InChI is InChI=1S/C23H34N4O4/c1-4-30-21-18(10-24-22(26-21)27-11-13(2)31-14(3)12-27)20(28)25-19-16-5-15-6-17(19)9-23(29,7-15)8-16/h10,13-17,19,29H,4-9,11-12H2,1-3H3,(H,25,28)/t13-,14+,15?,16?,17?,19?,23?. The Morgan fingerprint density at radius 3 is 2.55 bits per heavy atom. The van der Waals surface area contributed by atoms with Crippen LogP contribution in [0.4, 0.5) is 5.95 Å². The lowest BCUT2D eigenvalue weighted by Crippen LogP contribution is -2.61. The van der Waals surface area contributed by atoms with E-state index in [1.807, 2.05) is 20.8 Å². The van der Waals surface area contributed by atoms with E-state index in [0.717, 1.165) is 32.1 Å². The van der Waals surface area contributed by atoms with Crippen LogP contribution in [0.5, 0.6) is 5.88 Å². The molecule has 1 aromatic rings. The molecule has 1 aliphatic heterocycles. The molecule has 1 aromatic heterocycles. The third kappa shape index (κ3) is 4.00. The number of aliphatic hydroxyl groups is 1. The lowest BCUT2D eigenvalue weighted by molar-refractivity contribution is -0.136. The zero-order chi connectivity index (χ0) is 21.8. The Bertz CT molecular complexity index is 823. The molecule has 0 radical (unpaired) electrons. The van der Waals surface area contributed by atoms with Gasteiger partial charge in [-0.2, -0.15) is 4.98 Å². The smallest absolute Gasteiger partial charge is 0.258 e. The second kappa shape index (κ2) is 7.89. The molecule has 2 unspecified atom stereocenters. The molecular formula is C23H34N4O4. The van der Waals surface area contributed by atoms with Crippen LogP contribution in [-0.2, 0) is 4.74 Å². The van der Waals surface area contributed by atoms with Crippen LogP contribution in [-0.4, -0.2) is 64.5 Å². The highest BCUT2D eigenvalue weighted by molar-refractivity contribution is 5.96. The number of aromatic nitrogens is 2. The van der Waals surface area contributed by atoms with Gasteiger partial charge in [0.1, 0.15) is 5.56 Å². The summed E-state index contributed by atoms with van der Waals surface area (Å²) in [5.41, 5.74) is -0.127. The van der Waals surface area contributed by atoms with Crippen LogP contribution in [0.2, 0.25) is 0 Å². The van der Waals surface area contributed by atoms with Crippen molar-refractivity contribution in [3.05, 3.63) is 11.8 Å². The molecule has 1 amide bonds. The van der Waals surface area contributed by atoms with E-state index in [0.29, 0.717) is 54.8 Å². The van der Waals surface area contributed by atoms with Crippen LogP contribution >= 0.6 is 0 Å². The molecule has 170 valence electrons. The second-order valence-electron chi connectivity index (χ2n) is 10.2. The lowest BCUT2D eigenvalue weighted by atomic mass is 9.52. The number of nitrogens with zero attached hydrogens (tertiary/aromatic N) is 3. The van der Waals surface area contributed by atoms with Crippen LogP contribution in [0.25, 0.3) is 0 Å². The van der Waals surface area contributed by atoms with Gasteiger partial charge in [-0.05, 0) is 70.6 Å². The number of rotatable bonds is 5. The number of anilines is 1. The van der Waals surface area contributed by atoms with Gasteiger partial charge in [-0.25, -0.2) is 4.98 Å². The third-order valence-corrected chi connectivity index (χ3v) is 7.51. The highest BCUT2D eigenvalue weighted by Crippen LogP contribution is 2.55. The molecule has 1 saturated heterocycles. The maximum atomic E-state index is 13.2. The Morgan fingerprint density at radius 2 is 1.94 bits per heavy atom. The normalized spacial score (nSPS) is 38.9. The Hall–Kier alpha value is -1.93. The summed E-state index contributed by atoms with van der Waals surface area (Å²) in [6.07, 6.45) is 6.52. The second-order valence-corrected chi connectivity index (χ2v) is 10.2. The SMILES string of the molecule is CCOc1nc(N2C[C@@H](C)O[C@@H](C)C2)ncc1C(=O)NC1C2CC3CC1CC(O)(C3)C2. The number of nitrogens with one attached hydrogen (secondary N) is 1. The van der Waals surface area contributed by atoms with E-state index in [1.54, 1.807) is 6.20 Å². The zero-order valence-electron chi connectivity index (χ0n) is 18.7. The molecule has 0 spiro atoms. The molecule has 6 rings (SSSR count). The van der Waals surface area contributed by atoms with Crippen molar-refractivity contribution in [1.82, 2.24) is 15.3 Å². The van der Waals surface area contributed by atoms with Crippen LogP contribution in [0.1, 0.15) is 63.2 Å². The molecule has 4 atom stereocenters. The minimum Gasteiger partial charge on any atom is -0.477 e. The van der Waals surface area contributed by atoms with E-state index in [1.165, 1.54) is 0 Å². The summed E-state index contributed by atoms with van der Waals surface area (Å²) in [6.45, 7) is 7.80. The molecule has 4 aliphatic carbocycles. The predicted octanol–water partition coefficient (Wildman–Crippen LogP) is 2.16. The highest BCUT2D eigenvalue weighted by atomic mass is 16.5. The van der Waals surface area contributed by atoms with Gasteiger partial charge >= 0.3 is 0 Å². The zero-order valence-corrected chi connectivity index (χ0v) is 18.7. The van der Waals surface area contributed by atoms with Crippen molar-refractivity contribution >= 4 is 11.9 Å². The van der Waals surface area contributed by atoms with Crippen molar-refractivity contribution < 1.29 is 19.4 Å². The van der Waals surface area contributed by atoms with E-state index in [-0.39, 0.29) is 24.2 Å². The summed E-state index contributed by atoms with van der Waals surface area (Å²) in [5.74, 6) is 2.04. The van der Waals surface area contributed by atoms with Crippen LogP contribution in [0.15, 0.2) is 6.20 Å². The molecule has 2 heterocycles. The average molecular weight is 431 g/mol. The number of ether oxygens (including phenoxy) is 2. The Balaban J connectivity index is 1.34. The molecule has 8 nitrogen and oxygen atoms in total. The van der Waals surface area contributed by atoms with E-state index in [4.69, 9.17) is 9.47 Å². The van der Waals surface area contributed by atoms with Gasteiger partial charge < -0.3 is 24.8 Å². The maximum Gasteiger partial charge on any atom is 0.258 e. The van der Waals surface area contributed by atoms with Crippen molar-refractivity contribution in [1.29, 1.82) is 0 Å². The van der Waals surface area contributed by atoms with Crippen LogP contribution in [0.3, 0.4) is 0 Å². The summed E-state index contributed by atoms with van der Waals surface area (Å²) in [7, 11) is 0. The van der Waals surface area contributed by atoms with Gasteiger partial charge in [-0.15, -0.1) is 0 Å². The molecular weight excluding hydrogens is 396 g/mol. The first-order valence-corrected chi connectivity index (χ1v) is 11.8.